The summed E-state index contributed by atoms with van der Waals surface area (Å²) in [5, 5.41) is 0.792. The maximum atomic E-state index is 10.0. The van der Waals surface area contributed by atoms with Crippen molar-refractivity contribution in [3.8, 4) is 0 Å². The van der Waals surface area contributed by atoms with Crippen molar-refractivity contribution in [2.24, 2.45) is 0 Å². The van der Waals surface area contributed by atoms with Gasteiger partial charge in [-0.3, -0.25) is 0 Å². The highest BCUT2D eigenvalue weighted by molar-refractivity contribution is 7.33. The Morgan fingerprint density at radius 1 is 0.614 bits per heavy atom. The molecule has 1 aromatic heterocycles. The SMILES string of the molecule is [2H]c1c(C(C)(C)C)c([2H])c2c3c(sc2c1[2H])B1c2cc(C(C)(C)C)ccc2N(c2ccc(C(C)(C)C)cc2)c2cc(C)cc(c21)N3c1ccc2c(c1)C(C)(C)CCC2(C)C. The van der Waals surface area contributed by atoms with Crippen molar-refractivity contribution in [2.45, 2.75) is 137 Å². The van der Waals surface area contributed by atoms with E-state index in [9.17, 15) is 4.11 Å². The minimum absolute atomic E-state index is 0.00245. The Labute approximate surface area is 351 Å². The second-order valence-corrected chi connectivity index (χ2v) is 22.7. The summed E-state index contributed by atoms with van der Waals surface area (Å²) in [7, 11) is 0. The number of nitrogens with zero attached hydrogens (tertiary/aromatic N) is 2. The molecule has 2 aliphatic heterocycles. The summed E-state index contributed by atoms with van der Waals surface area (Å²) >= 11 is 1.63. The van der Waals surface area contributed by atoms with Gasteiger partial charge in [0.1, 0.15) is 0 Å². The van der Waals surface area contributed by atoms with Crippen LogP contribution in [-0.4, -0.2) is 6.71 Å². The lowest BCUT2D eigenvalue weighted by molar-refractivity contribution is 0.332. The highest BCUT2D eigenvalue weighted by Gasteiger charge is 2.46. The molecule has 0 saturated heterocycles. The molecule has 0 spiro atoms. The molecular formula is C53H61BN2S. The van der Waals surface area contributed by atoms with Crippen molar-refractivity contribution in [1.29, 1.82) is 0 Å². The molecule has 0 amide bonds. The number of rotatable bonds is 2. The summed E-state index contributed by atoms with van der Waals surface area (Å²) in [5.41, 5.74) is 15.8. The minimum atomic E-state index is -0.488. The van der Waals surface area contributed by atoms with Crippen molar-refractivity contribution in [3.63, 3.8) is 0 Å². The van der Waals surface area contributed by atoms with Crippen LogP contribution in [0, 0.1) is 6.92 Å². The predicted molar refractivity (Wildman–Crippen MR) is 252 cm³/mol. The first-order valence-electron chi connectivity index (χ1n) is 22.5. The highest BCUT2D eigenvalue weighted by Crippen LogP contribution is 2.52. The Balaban J connectivity index is 1.44. The number of hydrogen-bond donors (Lipinski definition) is 0. The van der Waals surface area contributed by atoms with Gasteiger partial charge in [0.15, 0.2) is 0 Å². The van der Waals surface area contributed by atoms with Crippen molar-refractivity contribution < 1.29 is 4.11 Å². The fourth-order valence-electron chi connectivity index (χ4n) is 9.64. The lowest BCUT2D eigenvalue weighted by atomic mass is 9.36. The van der Waals surface area contributed by atoms with Crippen LogP contribution >= 0.6 is 11.3 Å². The summed E-state index contributed by atoms with van der Waals surface area (Å²) in [5.74, 6) is 0. The fourth-order valence-corrected chi connectivity index (χ4v) is 10.9. The van der Waals surface area contributed by atoms with Gasteiger partial charge in [0.25, 0.3) is 6.71 Å². The van der Waals surface area contributed by atoms with E-state index in [1.54, 1.807) is 11.3 Å². The molecular weight excluding hydrogens is 707 g/mol. The Bertz CT molecular complexity index is 2770. The summed E-state index contributed by atoms with van der Waals surface area (Å²) < 4.78 is 30.9. The molecule has 0 radical (unpaired) electrons. The molecule has 5 aromatic carbocycles. The molecule has 2 nitrogen and oxygen atoms in total. The van der Waals surface area contributed by atoms with Crippen LogP contribution in [0.25, 0.3) is 10.1 Å². The average molecular weight is 772 g/mol. The summed E-state index contributed by atoms with van der Waals surface area (Å²) in [4.78, 5) is 4.94. The van der Waals surface area contributed by atoms with E-state index in [-0.39, 0.29) is 40.5 Å². The van der Waals surface area contributed by atoms with E-state index in [2.05, 4.69) is 180 Å². The van der Waals surface area contributed by atoms with Crippen molar-refractivity contribution in [3.05, 3.63) is 124 Å². The predicted octanol–water partition coefficient (Wildman–Crippen LogP) is 13.5. The van der Waals surface area contributed by atoms with E-state index < -0.39 is 5.41 Å². The van der Waals surface area contributed by atoms with Gasteiger partial charge < -0.3 is 9.80 Å². The third kappa shape index (κ3) is 6.02. The molecule has 3 heterocycles. The van der Waals surface area contributed by atoms with E-state index in [0.717, 1.165) is 67.4 Å². The van der Waals surface area contributed by atoms with Crippen LogP contribution in [0.5, 0.6) is 0 Å². The Kier molecular flexibility index (Phi) is 7.54. The zero-order valence-corrected chi connectivity index (χ0v) is 37.5. The molecule has 292 valence electrons. The first-order valence-corrected chi connectivity index (χ1v) is 21.8. The van der Waals surface area contributed by atoms with Gasteiger partial charge in [-0.25, -0.2) is 0 Å². The molecule has 0 N–H and O–H groups in total. The van der Waals surface area contributed by atoms with Gasteiger partial charge in [-0.15, -0.1) is 11.3 Å². The number of benzene rings is 5. The first-order chi connectivity index (χ1) is 27.8. The Morgan fingerprint density at radius 3 is 1.82 bits per heavy atom. The zero-order valence-electron chi connectivity index (χ0n) is 39.7. The van der Waals surface area contributed by atoms with E-state index in [1.165, 1.54) is 33.2 Å². The standard InChI is InChI=1S/C53H61BN2S/c1-32-27-43-46-44(28-32)56(37-21-22-39-40(31-37)53(13,14)26-25-52(39,11)12)47-38-29-34(50(5,6)7)18-24-45(38)57-48(47)54(46)41-30-35(51(8,9)10)17-23-42(41)55(43)36-19-15-33(16-20-36)49(2,3)4/h15-24,27-31H,25-26H2,1-14H3/i18D,24D,29D. The van der Waals surface area contributed by atoms with Crippen molar-refractivity contribution in [2.75, 3.05) is 9.80 Å². The van der Waals surface area contributed by atoms with Crippen LogP contribution in [0.15, 0.2) is 90.9 Å². The molecule has 1 aliphatic carbocycles. The van der Waals surface area contributed by atoms with Crippen molar-refractivity contribution >= 4 is 78.0 Å². The lowest BCUT2D eigenvalue weighted by Gasteiger charge is -2.45. The van der Waals surface area contributed by atoms with E-state index in [4.69, 9.17) is 0 Å². The smallest absolute Gasteiger partial charge is 0.264 e. The van der Waals surface area contributed by atoms with Gasteiger partial charge in [-0.2, -0.15) is 0 Å². The molecule has 9 rings (SSSR count). The molecule has 4 heteroatoms. The third-order valence-electron chi connectivity index (χ3n) is 13.3. The number of thiophene rings is 1. The molecule has 3 aliphatic rings. The van der Waals surface area contributed by atoms with Crippen LogP contribution in [0.3, 0.4) is 0 Å². The molecule has 0 fully saturated rings. The van der Waals surface area contributed by atoms with Crippen LogP contribution in [-0.2, 0) is 27.1 Å². The molecule has 57 heavy (non-hydrogen) atoms. The Hall–Kier alpha value is -4.28. The number of fused-ring (bicyclic) bond motifs is 7. The summed E-state index contributed by atoms with van der Waals surface area (Å²) in [6, 6.07) is 28.9. The van der Waals surface area contributed by atoms with Crippen molar-refractivity contribution in [1.82, 2.24) is 0 Å². The molecule has 0 saturated carbocycles. The summed E-state index contributed by atoms with van der Waals surface area (Å²) in [6.07, 6.45) is 2.26. The fraction of sp³-hybridized carbons (Fsp3) is 0.396. The van der Waals surface area contributed by atoms with Gasteiger partial charge in [0.05, 0.1) is 9.80 Å². The highest BCUT2D eigenvalue weighted by atomic mass is 32.1. The van der Waals surface area contributed by atoms with Crippen LogP contribution in [0.4, 0.5) is 34.1 Å². The zero-order chi connectivity index (χ0) is 43.4. The largest absolute Gasteiger partial charge is 0.311 e. The van der Waals surface area contributed by atoms with Gasteiger partial charge >= 0.3 is 0 Å². The van der Waals surface area contributed by atoms with E-state index in [1.807, 2.05) is 0 Å². The van der Waals surface area contributed by atoms with Gasteiger partial charge in [0, 0.05) is 43.3 Å². The van der Waals surface area contributed by atoms with Crippen LogP contribution in [0.2, 0.25) is 0 Å². The lowest BCUT2D eigenvalue weighted by Crippen LogP contribution is -2.60. The molecule has 0 atom stereocenters. The van der Waals surface area contributed by atoms with Gasteiger partial charge in [0.2, 0.25) is 0 Å². The number of aryl methyl sites for hydroxylation is 1. The molecule has 0 unspecified atom stereocenters. The van der Waals surface area contributed by atoms with Gasteiger partial charge in [-0.1, -0.05) is 126 Å². The quantitative estimate of drug-likeness (QED) is 0.162. The molecule has 6 aromatic rings. The van der Waals surface area contributed by atoms with E-state index in [0.29, 0.717) is 11.6 Å². The normalized spacial score (nSPS) is 17.7. The van der Waals surface area contributed by atoms with Gasteiger partial charge in [-0.05, 0) is 146 Å². The second-order valence-electron chi connectivity index (χ2n) is 21.7. The van der Waals surface area contributed by atoms with E-state index >= 15 is 0 Å². The number of anilines is 6. The monoisotopic (exact) mass is 771 g/mol. The molecule has 0 bridgehead atoms. The topological polar surface area (TPSA) is 6.48 Å². The summed E-state index contributed by atoms with van der Waals surface area (Å²) in [6.45, 7) is 31.5. The third-order valence-corrected chi connectivity index (χ3v) is 14.4. The average Bonchev–Trinajstić information content (AvgIpc) is 3.55. The van der Waals surface area contributed by atoms with Crippen LogP contribution < -0.4 is 25.5 Å². The second kappa shape index (κ2) is 12.4. The van der Waals surface area contributed by atoms with Crippen LogP contribution in [0.1, 0.15) is 140 Å². The maximum absolute atomic E-state index is 10.0. The number of hydrogen-bond acceptors (Lipinski definition) is 3. The Morgan fingerprint density at radius 2 is 1.19 bits per heavy atom. The minimum Gasteiger partial charge on any atom is -0.311 e. The first kappa shape index (κ1) is 34.7. The maximum Gasteiger partial charge on any atom is 0.264 e.